The second-order valence-corrected chi connectivity index (χ2v) is 6.33. The summed E-state index contributed by atoms with van der Waals surface area (Å²) in [6.45, 7) is 4.72. The smallest absolute Gasteiger partial charge is 0.291 e. The van der Waals surface area contributed by atoms with Crippen molar-refractivity contribution in [3.8, 4) is 5.75 Å². The van der Waals surface area contributed by atoms with Crippen LogP contribution in [-0.4, -0.2) is 75.0 Å². The fourth-order valence-electron chi connectivity index (χ4n) is 3.79. The van der Waals surface area contributed by atoms with Crippen molar-refractivity contribution in [3.63, 3.8) is 0 Å². The van der Waals surface area contributed by atoms with Crippen LogP contribution in [0.1, 0.15) is 18.9 Å². The molecule has 0 aliphatic carbocycles. The van der Waals surface area contributed by atoms with Gasteiger partial charge in [-0.15, -0.1) is 0 Å². The van der Waals surface area contributed by atoms with Crippen molar-refractivity contribution in [2.45, 2.75) is 25.1 Å². The van der Waals surface area contributed by atoms with Gasteiger partial charge in [-0.05, 0) is 10.8 Å². The van der Waals surface area contributed by atoms with E-state index in [9.17, 15) is 5.11 Å². The van der Waals surface area contributed by atoms with Crippen LogP contribution in [0.4, 0.5) is 0 Å². The van der Waals surface area contributed by atoms with Crippen LogP contribution in [0.25, 0.3) is 0 Å². The van der Waals surface area contributed by atoms with E-state index >= 15 is 0 Å². The zero-order valence-electron chi connectivity index (χ0n) is 14.5. The van der Waals surface area contributed by atoms with Crippen LogP contribution in [0.3, 0.4) is 0 Å². The largest absolute Gasteiger partial charge is 0.496 e. The third-order valence-corrected chi connectivity index (χ3v) is 4.83. The lowest BCUT2D eigenvalue weighted by Gasteiger charge is -2.36. The van der Waals surface area contributed by atoms with Gasteiger partial charge in [0, 0.05) is 25.6 Å². The molecule has 6 nitrogen and oxygen atoms in total. The van der Waals surface area contributed by atoms with Crippen LogP contribution in [0, 0.1) is 0 Å². The number of aliphatic hydroxyl groups is 1. The van der Waals surface area contributed by atoms with Crippen LogP contribution < -0.4 is 10.2 Å². The van der Waals surface area contributed by atoms with Crippen molar-refractivity contribution in [2.24, 2.45) is 0 Å². The highest BCUT2D eigenvalue weighted by Crippen LogP contribution is 2.41. The second-order valence-electron chi connectivity index (χ2n) is 6.33. The van der Waals surface area contributed by atoms with Crippen molar-refractivity contribution in [3.05, 3.63) is 23.8 Å². The molecule has 7 heteroatoms. The van der Waals surface area contributed by atoms with Crippen LogP contribution in [-0.2, 0) is 15.2 Å². The fourth-order valence-corrected chi connectivity index (χ4v) is 3.79. The molecular weight excluding hydrogens is 307 g/mol. The van der Waals surface area contributed by atoms with Crippen molar-refractivity contribution in [1.29, 1.82) is 0 Å². The van der Waals surface area contributed by atoms with Crippen molar-refractivity contribution < 1.29 is 24.2 Å². The Hall–Kier alpha value is -1.57. The number of nitrogens with zero attached hydrogens (tertiary/aromatic N) is 2. The van der Waals surface area contributed by atoms with E-state index in [2.05, 4.69) is 4.90 Å². The molecule has 2 unspecified atom stereocenters. The van der Waals surface area contributed by atoms with E-state index in [0.29, 0.717) is 30.8 Å². The predicted molar refractivity (Wildman–Crippen MR) is 91.0 cm³/mol. The Bertz CT molecular complexity index is 645. The Kier molecular flexibility index (Phi) is 4.85. The number of methoxy groups -OCH3 is 1. The maximum Gasteiger partial charge on any atom is 0.291 e. The van der Waals surface area contributed by atoms with E-state index < -0.39 is 5.60 Å². The van der Waals surface area contributed by atoms with E-state index in [1.54, 1.807) is 31.1 Å². The first kappa shape index (κ1) is 17.3. The summed E-state index contributed by atoms with van der Waals surface area (Å²) in [4.78, 5) is 7.79. The molecule has 1 N–H and O–H groups in total. The number of hydrogen-bond donors (Lipinski definition) is 1. The van der Waals surface area contributed by atoms with E-state index in [4.69, 9.17) is 22.2 Å². The quantitative estimate of drug-likeness (QED) is 0.610. The lowest BCUT2D eigenvalue weighted by atomic mass is 9.84. The molecule has 2 aliphatic heterocycles. The number of benzene rings is 1. The molecule has 0 saturated carbocycles. The van der Waals surface area contributed by atoms with Gasteiger partial charge in [-0.25, -0.2) is 4.90 Å². The van der Waals surface area contributed by atoms with Crippen LogP contribution >= 0.6 is 0 Å². The number of rotatable bonds is 4. The molecule has 1 aromatic carbocycles. The van der Waals surface area contributed by atoms with Gasteiger partial charge >= 0.3 is 0 Å². The summed E-state index contributed by atoms with van der Waals surface area (Å²) in [5.74, 6) is 0.585. The molecule has 0 amide bonds. The van der Waals surface area contributed by atoms with Gasteiger partial charge in [-0.1, -0.05) is 17.6 Å². The molecule has 24 heavy (non-hydrogen) atoms. The summed E-state index contributed by atoms with van der Waals surface area (Å²) >= 11 is 0. The lowest BCUT2D eigenvalue weighted by Crippen LogP contribution is -2.56. The molecule has 1 fully saturated rings. The normalized spacial score (nSPS) is 28.2. The molecule has 3 rings (SSSR count). The molecule has 128 valence electrons. The number of ether oxygens (including phenoxy) is 2. The first-order chi connectivity index (χ1) is 11.5. The van der Waals surface area contributed by atoms with Gasteiger partial charge in [-0.2, -0.15) is 0 Å². The highest BCUT2D eigenvalue weighted by molar-refractivity contribution is 6.32. The highest BCUT2D eigenvalue weighted by atomic mass is 16.7. The summed E-state index contributed by atoms with van der Waals surface area (Å²) in [6.07, 6.45) is 0.118. The van der Waals surface area contributed by atoms with E-state index in [1.807, 2.05) is 13.0 Å². The minimum atomic E-state index is -1.16. The third kappa shape index (κ3) is 2.81. The van der Waals surface area contributed by atoms with Gasteiger partial charge < -0.3 is 14.6 Å². The van der Waals surface area contributed by atoms with Gasteiger partial charge in [0.2, 0.25) is 5.71 Å². The first-order valence-corrected chi connectivity index (χ1v) is 8.15. The maximum atomic E-state index is 11.7. The third-order valence-electron chi connectivity index (χ3n) is 4.83. The van der Waals surface area contributed by atoms with E-state index in [-0.39, 0.29) is 6.17 Å². The Morgan fingerprint density at radius 2 is 2.04 bits per heavy atom. The van der Waals surface area contributed by atoms with Crippen molar-refractivity contribution in [2.75, 3.05) is 40.5 Å². The molecular formula is C17H24BN2O4+. The number of morpholine rings is 1. The Balaban J connectivity index is 2.07. The molecule has 2 atom stereocenters. The van der Waals surface area contributed by atoms with Gasteiger partial charge in [0.05, 0.1) is 26.7 Å². The maximum absolute atomic E-state index is 11.7. The average molecular weight is 331 g/mol. The molecule has 2 heterocycles. The average Bonchev–Trinajstić information content (AvgIpc) is 2.86. The summed E-state index contributed by atoms with van der Waals surface area (Å²) in [5, 5.41) is 11.7. The molecule has 1 aromatic rings. The number of hydroxylamine groups is 1. The van der Waals surface area contributed by atoms with E-state index in [1.165, 1.54) is 0 Å². The molecule has 0 aromatic heterocycles. The van der Waals surface area contributed by atoms with Crippen molar-refractivity contribution >= 4 is 19.0 Å². The van der Waals surface area contributed by atoms with E-state index in [0.717, 1.165) is 24.4 Å². The summed E-state index contributed by atoms with van der Waals surface area (Å²) in [6, 6.07) is 5.37. The summed E-state index contributed by atoms with van der Waals surface area (Å²) in [7, 11) is 9.09. The standard InChI is InChI=1S/C17H24BN2O4/c1-12-11-17(21,14-5-4-13(18)10-15(14)22-2)16(20(12)23-3)19-6-8-24-9-7-19/h4-5,10,16,21H,6-9,11H2,1-3H3/q+1. The monoisotopic (exact) mass is 331 g/mol. The highest BCUT2D eigenvalue weighted by Gasteiger charge is 2.59. The van der Waals surface area contributed by atoms with Gasteiger partial charge in [0.1, 0.15) is 20.7 Å². The molecule has 2 aliphatic rings. The zero-order chi connectivity index (χ0) is 17.3. The lowest BCUT2D eigenvalue weighted by molar-refractivity contribution is -0.820. The summed E-state index contributed by atoms with van der Waals surface area (Å²) in [5.41, 5.74) is 1.13. The predicted octanol–water partition coefficient (Wildman–Crippen LogP) is -0.227. The number of hydrogen-bond acceptors (Lipinski definition) is 5. The minimum absolute atomic E-state index is 0.344. The Morgan fingerprint density at radius 1 is 1.33 bits per heavy atom. The molecule has 0 bridgehead atoms. The molecule has 0 spiro atoms. The molecule has 1 saturated heterocycles. The minimum Gasteiger partial charge on any atom is -0.496 e. The van der Waals surface area contributed by atoms with Crippen molar-refractivity contribution in [1.82, 2.24) is 4.90 Å². The topological polar surface area (TPSA) is 54.2 Å². The first-order valence-electron chi connectivity index (χ1n) is 8.15. The van der Waals surface area contributed by atoms with Gasteiger partial charge in [0.25, 0.3) is 6.17 Å². The van der Waals surface area contributed by atoms with Crippen LogP contribution in [0.2, 0.25) is 0 Å². The Morgan fingerprint density at radius 3 is 2.67 bits per heavy atom. The molecule has 2 radical (unpaired) electrons. The van der Waals surface area contributed by atoms with Gasteiger partial charge in [-0.3, -0.25) is 4.84 Å². The second kappa shape index (κ2) is 6.74. The van der Waals surface area contributed by atoms with Gasteiger partial charge in [0.15, 0.2) is 5.60 Å². The van der Waals surface area contributed by atoms with Crippen LogP contribution in [0.5, 0.6) is 5.75 Å². The fraction of sp³-hybridized carbons (Fsp3) is 0.588. The van der Waals surface area contributed by atoms with Crippen LogP contribution in [0.15, 0.2) is 18.2 Å². The summed E-state index contributed by atoms with van der Waals surface area (Å²) < 4.78 is 12.7. The Labute approximate surface area is 144 Å². The SMILES string of the molecule is [B]c1ccc(C2(O)CC(C)=[N+](OC)C2N2CCOCC2)c(OC)c1. The zero-order valence-corrected chi connectivity index (χ0v) is 14.5.